The third-order valence-electron chi connectivity index (χ3n) is 4.02. The lowest BCUT2D eigenvalue weighted by molar-refractivity contribution is 0.196. The molecule has 1 aliphatic heterocycles. The Morgan fingerprint density at radius 3 is 2.84 bits per heavy atom. The first-order valence-corrected chi connectivity index (χ1v) is 8.48. The first kappa shape index (κ1) is 14.9. The molecular formula is C16H26N2S. The summed E-state index contributed by atoms with van der Waals surface area (Å²) in [7, 11) is 0. The topological polar surface area (TPSA) is 29.3 Å². The summed E-state index contributed by atoms with van der Waals surface area (Å²) in [6.45, 7) is 5.51. The Bertz CT molecular complexity index is 355. The van der Waals surface area contributed by atoms with Gasteiger partial charge in [0.1, 0.15) is 0 Å². The van der Waals surface area contributed by atoms with Gasteiger partial charge in [0, 0.05) is 36.7 Å². The summed E-state index contributed by atoms with van der Waals surface area (Å²) in [6, 6.07) is 11.3. The number of thioether (sulfide) groups is 1. The van der Waals surface area contributed by atoms with Crippen LogP contribution in [0.2, 0.25) is 0 Å². The molecule has 19 heavy (non-hydrogen) atoms. The molecule has 1 aromatic rings. The molecule has 2 atom stereocenters. The molecule has 2 rings (SSSR count). The molecule has 0 radical (unpaired) electrons. The van der Waals surface area contributed by atoms with Gasteiger partial charge in [-0.05, 0) is 24.8 Å². The standard InChI is InChI=1S/C16H26N2S/c1-2-16-13-18(10-11-19-16)15(12-17)9-8-14-6-4-3-5-7-14/h3-7,15-16H,2,8-13,17H2,1H3. The van der Waals surface area contributed by atoms with E-state index in [1.165, 1.54) is 37.2 Å². The Kier molecular flexibility index (Phi) is 6.21. The first-order chi connectivity index (χ1) is 9.33. The molecule has 3 heteroatoms. The fourth-order valence-corrected chi connectivity index (χ4v) is 3.95. The highest BCUT2D eigenvalue weighted by molar-refractivity contribution is 8.00. The second kappa shape index (κ2) is 7.93. The highest BCUT2D eigenvalue weighted by atomic mass is 32.2. The molecule has 2 unspecified atom stereocenters. The quantitative estimate of drug-likeness (QED) is 0.867. The average molecular weight is 278 g/mol. The van der Waals surface area contributed by atoms with Crippen molar-refractivity contribution in [2.45, 2.75) is 37.5 Å². The summed E-state index contributed by atoms with van der Waals surface area (Å²) in [5.41, 5.74) is 7.44. The molecule has 1 aromatic carbocycles. The third-order valence-corrected chi connectivity index (χ3v) is 5.40. The minimum atomic E-state index is 0.551. The molecule has 0 aliphatic carbocycles. The summed E-state index contributed by atoms with van der Waals surface area (Å²) in [5, 5.41) is 0.805. The summed E-state index contributed by atoms with van der Waals surface area (Å²) in [6.07, 6.45) is 3.60. The first-order valence-electron chi connectivity index (χ1n) is 7.43. The minimum absolute atomic E-state index is 0.551. The average Bonchev–Trinajstić information content (AvgIpc) is 2.49. The van der Waals surface area contributed by atoms with E-state index in [4.69, 9.17) is 5.73 Å². The number of nitrogens with zero attached hydrogens (tertiary/aromatic N) is 1. The lowest BCUT2D eigenvalue weighted by Crippen LogP contribution is -2.47. The smallest absolute Gasteiger partial charge is 0.0222 e. The van der Waals surface area contributed by atoms with Crippen LogP contribution < -0.4 is 5.73 Å². The monoisotopic (exact) mass is 278 g/mol. The van der Waals surface area contributed by atoms with Crippen LogP contribution in [0.3, 0.4) is 0 Å². The van der Waals surface area contributed by atoms with Crippen molar-refractivity contribution in [1.82, 2.24) is 4.90 Å². The molecule has 0 saturated carbocycles. The van der Waals surface area contributed by atoms with Crippen molar-refractivity contribution < 1.29 is 0 Å². The van der Waals surface area contributed by atoms with Crippen LogP contribution in [0.25, 0.3) is 0 Å². The predicted octanol–water partition coefficient (Wildman–Crippen LogP) is 2.77. The minimum Gasteiger partial charge on any atom is -0.329 e. The van der Waals surface area contributed by atoms with E-state index in [0.29, 0.717) is 6.04 Å². The molecule has 2 N–H and O–H groups in total. The molecule has 0 bridgehead atoms. The van der Waals surface area contributed by atoms with Crippen molar-refractivity contribution in [2.24, 2.45) is 5.73 Å². The normalized spacial score (nSPS) is 22.3. The van der Waals surface area contributed by atoms with Crippen LogP contribution in [0.4, 0.5) is 0 Å². The summed E-state index contributed by atoms with van der Waals surface area (Å²) in [4.78, 5) is 2.62. The molecule has 0 aromatic heterocycles. The van der Waals surface area contributed by atoms with Crippen molar-refractivity contribution in [3.63, 3.8) is 0 Å². The van der Waals surface area contributed by atoms with Gasteiger partial charge < -0.3 is 5.73 Å². The van der Waals surface area contributed by atoms with Crippen molar-refractivity contribution >= 4 is 11.8 Å². The fourth-order valence-electron chi connectivity index (χ4n) is 2.75. The zero-order chi connectivity index (χ0) is 13.5. The predicted molar refractivity (Wildman–Crippen MR) is 85.7 cm³/mol. The van der Waals surface area contributed by atoms with E-state index in [-0.39, 0.29) is 0 Å². The van der Waals surface area contributed by atoms with Gasteiger partial charge >= 0.3 is 0 Å². The maximum absolute atomic E-state index is 6.01. The SMILES string of the molecule is CCC1CN(C(CN)CCc2ccccc2)CCS1. The van der Waals surface area contributed by atoms with Gasteiger partial charge in [-0.25, -0.2) is 0 Å². The Hall–Kier alpha value is -0.510. The maximum Gasteiger partial charge on any atom is 0.0222 e. The van der Waals surface area contributed by atoms with E-state index < -0.39 is 0 Å². The van der Waals surface area contributed by atoms with E-state index in [0.717, 1.165) is 18.2 Å². The highest BCUT2D eigenvalue weighted by Gasteiger charge is 2.24. The van der Waals surface area contributed by atoms with Gasteiger partial charge in [0.25, 0.3) is 0 Å². The second-order valence-corrected chi connectivity index (χ2v) is 6.72. The van der Waals surface area contributed by atoms with E-state index in [9.17, 15) is 0 Å². The molecule has 2 nitrogen and oxygen atoms in total. The van der Waals surface area contributed by atoms with E-state index in [2.05, 4.69) is 53.9 Å². The molecule has 1 saturated heterocycles. The van der Waals surface area contributed by atoms with Gasteiger partial charge in [0.15, 0.2) is 0 Å². The highest BCUT2D eigenvalue weighted by Crippen LogP contribution is 2.23. The summed E-state index contributed by atoms with van der Waals surface area (Å²) in [5.74, 6) is 1.26. The van der Waals surface area contributed by atoms with Crippen LogP contribution in [0.1, 0.15) is 25.3 Å². The number of benzene rings is 1. The lowest BCUT2D eigenvalue weighted by Gasteiger charge is -2.37. The van der Waals surface area contributed by atoms with Crippen LogP contribution in [-0.4, -0.2) is 41.6 Å². The number of hydrogen-bond donors (Lipinski definition) is 1. The zero-order valence-corrected chi connectivity index (χ0v) is 12.7. The number of rotatable bonds is 6. The Balaban J connectivity index is 1.85. The third kappa shape index (κ3) is 4.51. The van der Waals surface area contributed by atoms with Crippen molar-refractivity contribution in [2.75, 3.05) is 25.4 Å². The van der Waals surface area contributed by atoms with Crippen molar-refractivity contribution in [3.05, 3.63) is 35.9 Å². The fraction of sp³-hybridized carbons (Fsp3) is 0.625. The van der Waals surface area contributed by atoms with Crippen molar-refractivity contribution in [3.8, 4) is 0 Å². The van der Waals surface area contributed by atoms with Gasteiger partial charge in [-0.2, -0.15) is 11.8 Å². The van der Waals surface area contributed by atoms with Crippen LogP contribution >= 0.6 is 11.8 Å². The Morgan fingerprint density at radius 1 is 1.37 bits per heavy atom. The largest absolute Gasteiger partial charge is 0.329 e. The number of hydrogen-bond acceptors (Lipinski definition) is 3. The van der Waals surface area contributed by atoms with E-state index in [1.54, 1.807) is 0 Å². The van der Waals surface area contributed by atoms with Crippen LogP contribution in [-0.2, 0) is 6.42 Å². The summed E-state index contributed by atoms with van der Waals surface area (Å²) >= 11 is 2.13. The molecular weight excluding hydrogens is 252 g/mol. The second-order valence-electron chi connectivity index (χ2n) is 5.31. The molecule has 0 amide bonds. The Labute approximate surface area is 121 Å². The molecule has 0 spiro atoms. The van der Waals surface area contributed by atoms with Crippen LogP contribution in [0.5, 0.6) is 0 Å². The van der Waals surface area contributed by atoms with Gasteiger partial charge in [-0.1, -0.05) is 37.3 Å². The maximum atomic E-state index is 6.01. The zero-order valence-electron chi connectivity index (χ0n) is 11.9. The lowest BCUT2D eigenvalue weighted by atomic mass is 10.0. The van der Waals surface area contributed by atoms with Crippen LogP contribution in [0, 0.1) is 0 Å². The molecule has 1 fully saturated rings. The van der Waals surface area contributed by atoms with Crippen molar-refractivity contribution in [1.29, 1.82) is 0 Å². The van der Waals surface area contributed by atoms with Crippen LogP contribution in [0.15, 0.2) is 30.3 Å². The number of nitrogens with two attached hydrogens (primary N) is 1. The molecule has 1 heterocycles. The van der Waals surface area contributed by atoms with Gasteiger partial charge in [-0.15, -0.1) is 0 Å². The Morgan fingerprint density at radius 2 is 2.16 bits per heavy atom. The van der Waals surface area contributed by atoms with Gasteiger partial charge in [0.2, 0.25) is 0 Å². The van der Waals surface area contributed by atoms with E-state index >= 15 is 0 Å². The summed E-state index contributed by atoms with van der Waals surface area (Å²) < 4.78 is 0. The van der Waals surface area contributed by atoms with E-state index in [1.807, 2.05) is 0 Å². The number of aryl methyl sites for hydroxylation is 1. The van der Waals surface area contributed by atoms with Gasteiger partial charge in [0.05, 0.1) is 0 Å². The van der Waals surface area contributed by atoms with Gasteiger partial charge in [-0.3, -0.25) is 4.90 Å². The molecule has 106 valence electrons. The molecule has 1 aliphatic rings.